The fourth-order valence-corrected chi connectivity index (χ4v) is 4.54. The van der Waals surface area contributed by atoms with E-state index in [-0.39, 0.29) is 22.0 Å². The summed E-state index contributed by atoms with van der Waals surface area (Å²) in [7, 11) is -2.64. The first-order valence-corrected chi connectivity index (χ1v) is 12.1. The minimum atomic E-state index is -4.02. The molecule has 0 amide bonds. The van der Waals surface area contributed by atoms with Crippen LogP contribution >= 0.6 is 0 Å². The maximum atomic E-state index is 13.2. The number of benzene rings is 2. The Labute approximate surface area is 196 Å². The van der Waals surface area contributed by atoms with Gasteiger partial charge in [-0.05, 0) is 54.4 Å². The first kappa shape index (κ1) is 23.4. The van der Waals surface area contributed by atoms with E-state index in [1.165, 1.54) is 25.4 Å². The molecular formula is C24H23FN4O4S. The van der Waals surface area contributed by atoms with Crippen LogP contribution in [0.5, 0.6) is 5.88 Å². The van der Waals surface area contributed by atoms with E-state index in [1.807, 2.05) is 0 Å². The van der Waals surface area contributed by atoms with E-state index in [9.17, 15) is 17.6 Å². The van der Waals surface area contributed by atoms with Crippen LogP contribution in [0.3, 0.4) is 0 Å². The molecule has 176 valence electrons. The number of unbranched alkanes of at least 4 members (excludes halogenated alkanes) is 1. The van der Waals surface area contributed by atoms with Crippen LogP contribution in [0.1, 0.15) is 19.8 Å². The van der Waals surface area contributed by atoms with E-state index in [4.69, 9.17) is 4.74 Å². The molecule has 0 radical (unpaired) electrons. The lowest BCUT2D eigenvalue weighted by molar-refractivity contribution is 0.400. The molecule has 2 aromatic carbocycles. The molecule has 0 bridgehead atoms. The van der Waals surface area contributed by atoms with Gasteiger partial charge in [0, 0.05) is 18.3 Å². The van der Waals surface area contributed by atoms with Crippen molar-refractivity contribution in [1.29, 1.82) is 0 Å². The van der Waals surface area contributed by atoms with E-state index in [0.29, 0.717) is 28.6 Å². The van der Waals surface area contributed by atoms with E-state index >= 15 is 0 Å². The van der Waals surface area contributed by atoms with Gasteiger partial charge in [-0.2, -0.15) is 0 Å². The van der Waals surface area contributed by atoms with Crippen LogP contribution in [0.2, 0.25) is 0 Å². The van der Waals surface area contributed by atoms with Crippen molar-refractivity contribution in [1.82, 2.24) is 14.5 Å². The lowest BCUT2D eigenvalue weighted by Gasteiger charge is -2.13. The van der Waals surface area contributed by atoms with Gasteiger partial charge >= 0.3 is 0 Å². The van der Waals surface area contributed by atoms with Gasteiger partial charge in [-0.3, -0.25) is 14.1 Å². The summed E-state index contributed by atoms with van der Waals surface area (Å²) in [5.74, 6) is -0.474. The zero-order valence-electron chi connectivity index (χ0n) is 18.7. The second kappa shape index (κ2) is 9.60. The molecule has 2 heterocycles. The molecular weight excluding hydrogens is 459 g/mol. The molecule has 0 spiro atoms. The van der Waals surface area contributed by atoms with Crippen LogP contribution in [-0.2, 0) is 16.6 Å². The van der Waals surface area contributed by atoms with Gasteiger partial charge in [0.2, 0.25) is 5.88 Å². The summed E-state index contributed by atoms with van der Waals surface area (Å²) in [4.78, 5) is 21.4. The number of aromatic nitrogens is 3. The summed E-state index contributed by atoms with van der Waals surface area (Å²) >= 11 is 0. The highest BCUT2D eigenvalue weighted by Crippen LogP contribution is 2.31. The number of sulfonamides is 1. The van der Waals surface area contributed by atoms with Gasteiger partial charge in [-0.25, -0.2) is 22.8 Å². The molecule has 0 atom stereocenters. The van der Waals surface area contributed by atoms with Crippen molar-refractivity contribution < 1.29 is 17.5 Å². The normalized spacial score (nSPS) is 11.5. The number of fused-ring (bicyclic) bond motifs is 1. The number of nitrogens with one attached hydrogen (secondary N) is 1. The summed E-state index contributed by atoms with van der Waals surface area (Å²) in [6, 6.07) is 11.3. The molecule has 10 heteroatoms. The molecule has 0 fully saturated rings. The third-order valence-corrected chi connectivity index (χ3v) is 6.70. The summed E-state index contributed by atoms with van der Waals surface area (Å²) in [6.07, 6.45) is 4.91. The van der Waals surface area contributed by atoms with E-state index in [2.05, 4.69) is 21.6 Å². The number of halogens is 1. The Morgan fingerprint density at radius 1 is 1.06 bits per heavy atom. The number of hydrogen-bond donors (Lipinski definition) is 1. The maximum Gasteiger partial charge on any atom is 0.262 e. The smallest absolute Gasteiger partial charge is 0.262 e. The molecule has 0 aliphatic heterocycles. The van der Waals surface area contributed by atoms with Crippen LogP contribution in [0, 0.1) is 5.82 Å². The van der Waals surface area contributed by atoms with Crippen molar-refractivity contribution in [3.8, 4) is 17.0 Å². The first-order chi connectivity index (χ1) is 16.3. The van der Waals surface area contributed by atoms with E-state index in [0.717, 1.165) is 25.0 Å². The SMILES string of the molecule is CCCCn1cnc2ccc(-c3cnc(OC)c(NS(=O)(=O)c4ccc(F)cc4)c3)cc2c1=O. The van der Waals surface area contributed by atoms with Crippen molar-refractivity contribution in [3.05, 3.63) is 77.2 Å². The number of rotatable bonds is 8. The molecule has 8 nitrogen and oxygen atoms in total. The highest BCUT2D eigenvalue weighted by Gasteiger charge is 2.18. The minimum Gasteiger partial charge on any atom is -0.480 e. The fourth-order valence-electron chi connectivity index (χ4n) is 3.49. The lowest BCUT2D eigenvalue weighted by Crippen LogP contribution is -2.20. The van der Waals surface area contributed by atoms with Gasteiger partial charge in [0.25, 0.3) is 15.6 Å². The molecule has 4 aromatic rings. The van der Waals surface area contributed by atoms with Crippen molar-refractivity contribution in [2.75, 3.05) is 11.8 Å². The molecule has 0 saturated carbocycles. The molecule has 4 rings (SSSR count). The number of aryl methyl sites for hydroxylation is 1. The molecule has 34 heavy (non-hydrogen) atoms. The van der Waals surface area contributed by atoms with Crippen LogP contribution < -0.4 is 15.0 Å². The Hall–Kier alpha value is -3.79. The van der Waals surface area contributed by atoms with Gasteiger partial charge in [0.05, 0.1) is 29.2 Å². The summed E-state index contributed by atoms with van der Waals surface area (Å²) < 4.78 is 48.1. The summed E-state index contributed by atoms with van der Waals surface area (Å²) in [5, 5.41) is 0.459. The monoisotopic (exact) mass is 482 g/mol. The Balaban J connectivity index is 1.74. The average Bonchev–Trinajstić information content (AvgIpc) is 2.83. The average molecular weight is 483 g/mol. The number of pyridine rings is 1. The Bertz CT molecular complexity index is 1500. The van der Waals surface area contributed by atoms with Crippen LogP contribution in [-0.4, -0.2) is 30.1 Å². The predicted octanol–water partition coefficient (Wildman–Crippen LogP) is 4.21. The number of nitrogens with zero attached hydrogens (tertiary/aromatic N) is 3. The topological polar surface area (TPSA) is 103 Å². The van der Waals surface area contributed by atoms with Gasteiger partial charge in [-0.1, -0.05) is 19.4 Å². The zero-order chi connectivity index (χ0) is 24.3. The van der Waals surface area contributed by atoms with Crippen molar-refractivity contribution >= 4 is 26.6 Å². The van der Waals surface area contributed by atoms with Gasteiger partial charge in [-0.15, -0.1) is 0 Å². The minimum absolute atomic E-state index is 0.0683. The largest absolute Gasteiger partial charge is 0.480 e. The highest BCUT2D eigenvalue weighted by molar-refractivity contribution is 7.92. The number of ether oxygens (including phenoxy) is 1. The lowest BCUT2D eigenvalue weighted by atomic mass is 10.1. The van der Waals surface area contributed by atoms with Crippen LogP contribution in [0.4, 0.5) is 10.1 Å². The number of hydrogen-bond acceptors (Lipinski definition) is 6. The molecule has 1 N–H and O–H groups in total. The summed E-state index contributed by atoms with van der Waals surface area (Å²) in [6.45, 7) is 2.64. The molecule has 2 aromatic heterocycles. The fraction of sp³-hybridized carbons (Fsp3) is 0.208. The Morgan fingerprint density at radius 3 is 2.53 bits per heavy atom. The quantitative estimate of drug-likeness (QED) is 0.404. The third kappa shape index (κ3) is 4.76. The third-order valence-electron chi connectivity index (χ3n) is 5.32. The van der Waals surface area contributed by atoms with Gasteiger partial charge in [0.15, 0.2) is 0 Å². The Morgan fingerprint density at radius 2 is 1.82 bits per heavy atom. The molecule has 0 aliphatic rings. The number of anilines is 1. The van der Waals surface area contributed by atoms with Crippen molar-refractivity contribution in [2.24, 2.45) is 0 Å². The molecule has 0 saturated heterocycles. The zero-order valence-corrected chi connectivity index (χ0v) is 19.5. The standard InChI is InChI=1S/C24H23FN4O4S/c1-3-4-11-29-15-27-21-10-5-16(12-20(21)24(29)30)17-13-22(23(33-2)26-14-17)28-34(31,32)19-8-6-18(25)7-9-19/h5-10,12-15,28H,3-4,11H2,1-2H3. The maximum absolute atomic E-state index is 13.2. The van der Waals surface area contributed by atoms with E-state index < -0.39 is 15.8 Å². The van der Waals surface area contributed by atoms with E-state index in [1.54, 1.807) is 35.2 Å². The van der Waals surface area contributed by atoms with Gasteiger partial charge in [0.1, 0.15) is 11.5 Å². The van der Waals surface area contributed by atoms with Crippen LogP contribution in [0.15, 0.2) is 70.7 Å². The molecule has 0 unspecified atom stereocenters. The second-order valence-electron chi connectivity index (χ2n) is 7.67. The Kier molecular flexibility index (Phi) is 6.60. The van der Waals surface area contributed by atoms with Crippen molar-refractivity contribution in [3.63, 3.8) is 0 Å². The summed E-state index contributed by atoms with van der Waals surface area (Å²) in [5.41, 5.74) is 1.77. The van der Waals surface area contributed by atoms with Crippen molar-refractivity contribution in [2.45, 2.75) is 31.2 Å². The highest BCUT2D eigenvalue weighted by atomic mass is 32.2. The van der Waals surface area contributed by atoms with Crippen LogP contribution in [0.25, 0.3) is 22.0 Å². The first-order valence-electron chi connectivity index (χ1n) is 10.6. The predicted molar refractivity (Wildman–Crippen MR) is 128 cm³/mol. The second-order valence-corrected chi connectivity index (χ2v) is 9.35. The molecule has 0 aliphatic carbocycles. The number of methoxy groups -OCH3 is 1. The van der Waals surface area contributed by atoms with Gasteiger partial charge < -0.3 is 4.74 Å².